The molecule has 7 heteroatoms. The Hall–Kier alpha value is -2.73. The third-order valence-electron chi connectivity index (χ3n) is 3.14. The summed E-state index contributed by atoms with van der Waals surface area (Å²) in [6.07, 6.45) is 3.07. The van der Waals surface area contributed by atoms with Gasteiger partial charge in [-0.25, -0.2) is 5.43 Å². The van der Waals surface area contributed by atoms with E-state index in [1.54, 1.807) is 37.4 Å². The van der Waals surface area contributed by atoms with E-state index in [2.05, 4.69) is 20.8 Å². The third-order valence-corrected chi connectivity index (χ3v) is 3.55. The lowest BCUT2D eigenvalue weighted by molar-refractivity contribution is -0.115. The average Bonchev–Trinajstić information content (AvgIpc) is 2.56. The molecule has 0 aliphatic carbocycles. The van der Waals surface area contributed by atoms with Crippen LogP contribution in [-0.2, 0) is 4.79 Å². The second kappa shape index (κ2) is 8.21. The molecule has 2 aromatic rings. The van der Waals surface area contributed by atoms with Gasteiger partial charge in [0.05, 0.1) is 12.0 Å². The number of anilines is 1. The maximum Gasteiger partial charge on any atom is 0.272 e. The van der Waals surface area contributed by atoms with Crippen LogP contribution < -0.4 is 10.7 Å². The molecule has 0 fully saturated rings. The maximum atomic E-state index is 12.0. The van der Waals surface area contributed by atoms with Crippen molar-refractivity contribution >= 4 is 34.8 Å². The average molecular weight is 345 g/mol. The number of rotatable bonds is 5. The number of aromatic nitrogens is 1. The van der Waals surface area contributed by atoms with E-state index in [9.17, 15) is 9.59 Å². The molecule has 0 saturated heterocycles. The first-order valence-corrected chi connectivity index (χ1v) is 7.63. The highest BCUT2D eigenvalue weighted by Gasteiger charge is 2.07. The van der Waals surface area contributed by atoms with E-state index >= 15 is 0 Å². The van der Waals surface area contributed by atoms with E-state index in [4.69, 9.17) is 11.6 Å². The van der Waals surface area contributed by atoms with Crippen LogP contribution in [0.15, 0.2) is 47.8 Å². The number of carbonyl (C=O) groups excluding carboxylic acids is 2. The Morgan fingerprint density at radius 2 is 2.08 bits per heavy atom. The van der Waals surface area contributed by atoms with Gasteiger partial charge < -0.3 is 5.32 Å². The molecule has 0 radical (unpaired) electrons. The fraction of sp³-hybridized carbons (Fsp3) is 0.176. The van der Waals surface area contributed by atoms with Gasteiger partial charge in [-0.2, -0.15) is 5.10 Å². The van der Waals surface area contributed by atoms with Crippen molar-refractivity contribution in [3.63, 3.8) is 0 Å². The highest BCUT2D eigenvalue weighted by atomic mass is 35.5. The first-order chi connectivity index (χ1) is 11.5. The summed E-state index contributed by atoms with van der Waals surface area (Å²) >= 11 is 6.02. The molecule has 0 spiro atoms. The summed E-state index contributed by atoms with van der Waals surface area (Å²) in [7, 11) is 0. The van der Waals surface area contributed by atoms with Crippen LogP contribution in [0.1, 0.15) is 29.3 Å². The molecule has 0 aliphatic rings. The molecule has 0 atom stereocenters. The summed E-state index contributed by atoms with van der Waals surface area (Å²) < 4.78 is 0. The minimum atomic E-state index is -0.381. The monoisotopic (exact) mass is 344 g/mol. The van der Waals surface area contributed by atoms with Gasteiger partial charge in [0.25, 0.3) is 5.91 Å². The molecule has 2 amide bonds. The Balaban J connectivity index is 1.88. The Bertz CT molecular complexity index is 775. The zero-order valence-corrected chi connectivity index (χ0v) is 14.1. The number of carbonyl (C=O) groups is 2. The quantitative estimate of drug-likeness (QED) is 0.645. The van der Waals surface area contributed by atoms with E-state index in [1.807, 2.05) is 13.0 Å². The van der Waals surface area contributed by atoms with Crippen LogP contribution in [-0.4, -0.2) is 22.5 Å². The lowest BCUT2D eigenvalue weighted by Gasteiger charge is -2.07. The van der Waals surface area contributed by atoms with Gasteiger partial charge in [0.2, 0.25) is 5.91 Å². The smallest absolute Gasteiger partial charge is 0.272 e. The number of benzene rings is 1. The minimum Gasteiger partial charge on any atom is -0.326 e. The molecular weight excluding hydrogens is 328 g/mol. The molecule has 0 unspecified atom stereocenters. The Morgan fingerprint density at radius 3 is 2.75 bits per heavy atom. The summed E-state index contributed by atoms with van der Waals surface area (Å²) in [5.41, 5.74) is 4.81. The Morgan fingerprint density at radius 1 is 1.29 bits per heavy atom. The standard InChI is InChI=1S/C17H17ClN4O2/c1-11-5-6-14(9-15(11)18)20-16(23)8-12(2)21-22-17(24)13-4-3-7-19-10-13/h3-7,9-10H,8H2,1-2H3,(H,20,23)(H,22,24)/b21-12-. The van der Waals surface area contributed by atoms with Crippen molar-refractivity contribution in [3.05, 3.63) is 58.9 Å². The van der Waals surface area contributed by atoms with Gasteiger partial charge in [-0.1, -0.05) is 17.7 Å². The lowest BCUT2D eigenvalue weighted by atomic mass is 10.2. The number of hydrazone groups is 1. The van der Waals surface area contributed by atoms with Crippen molar-refractivity contribution in [2.45, 2.75) is 20.3 Å². The third kappa shape index (κ3) is 5.17. The zero-order chi connectivity index (χ0) is 17.5. The highest BCUT2D eigenvalue weighted by molar-refractivity contribution is 6.31. The molecule has 2 N–H and O–H groups in total. The Labute approximate surface area is 144 Å². The molecule has 1 heterocycles. The van der Waals surface area contributed by atoms with Crippen LogP contribution in [0.3, 0.4) is 0 Å². The fourth-order valence-corrected chi connectivity index (χ4v) is 2.04. The minimum absolute atomic E-state index is 0.0544. The predicted molar refractivity (Wildman–Crippen MR) is 94.2 cm³/mol. The van der Waals surface area contributed by atoms with E-state index < -0.39 is 0 Å². The molecule has 6 nitrogen and oxygen atoms in total. The number of nitrogens with zero attached hydrogens (tertiary/aromatic N) is 2. The van der Waals surface area contributed by atoms with Gasteiger partial charge in [-0.3, -0.25) is 14.6 Å². The summed E-state index contributed by atoms with van der Waals surface area (Å²) in [5.74, 6) is -0.625. The number of hydrogen-bond acceptors (Lipinski definition) is 4. The Kier molecular flexibility index (Phi) is 6.03. The van der Waals surface area contributed by atoms with Crippen LogP contribution in [0, 0.1) is 6.92 Å². The summed E-state index contributed by atoms with van der Waals surface area (Å²) in [5, 5.41) is 7.23. The number of aryl methyl sites for hydroxylation is 1. The maximum absolute atomic E-state index is 12.0. The second-order valence-corrected chi connectivity index (χ2v) is 5.63. The first kappa shape index (κ1) is 17.6. The fourth-order valence-electron chi connectivity index (χ4n) is 1.86. The largest absolute Gasteiger partial charge is 0.326 e. The van der Waals surface area contributed by atoms with Crippen molar-refractivity contribution in [2.75, 3.05) is 5.32 Å². The molecule has 1 aromatic heterocycles. The van der Waals surface area contributed by atoms with Crippen molar-refractivity contribution in [1.82, 2.24) is 10.4 Å². The number of pyridine rings is 1. The SMILES string of the molecule is C/C(CC(=O)Nc1ccc(C)c(Cl)c1)=N/NC(=O)c1cccnc1. The van der Waals surface area contributed by atoms with E-state index in [-0.39, 0.29) is 18.2 Å². The van der Waals surface area contributed by atoms with E-state index in [0.717, 1.165) is 5.56 Å². The lowest BCUT2D eigenvalue weighted by Crippen LogP contribution is -2.21. The first-order valence-electron chi connectivity index (χ1n) is 7.25. The molecule has 0 bridgehead atoms. The normalized spacial score (nSPS) is 11.0. The summed E-state index contributed by atoms with van der Waals surface area (Å²) in [4.78, 5) is 27.7. The number of amides is 2. The van der Waals surface area contributed by atoms with Crippen LogP contribution in [0.25, 0.3) is 0 Å². The molecule has 0 aliphatic heterocycles. The van der Waals surface area contributed by atoms with E-state index in [1.165, 1.54) is 6.20 Å². The predicted octanol–water partition coefficient (Wildman–Crippen LogP) is 3.18. The van der Waals surface area contributed by atoms with Gasteiger partial charge in [-0.05, 0) is 43.7 Å². The molecule has 2 rings (SSSR count). The van der Waals surface area contributed by atoms with Crippen molar-refractivity contribution < 1.29 is 9.59 Å². The van der Waals surface area contributed by atoms with Crippen LogP contribution in [0.5, 0.6) is 0 Å². The summed E-state index contributed by atoms with van der Waals surface area (Å²) in [6.45, 7) is 3.54. The zero-order valence-electron chi connectivity index (χ0n) is 13.3. The molecule has 124 valence electrons. The van der Waals surface area contributed by atoms with Gasteiger partial charge >= 0.3 is 0 Å². The van der Waals surface area contributed by atoms with Gasteiger partial charge in [0.1, 0.15) is 0 Å². The van der Waals surface area contributed by atoms with E-state index in [0.29, 0.717) is 22.0 Å². The van der Waals surface area contributed by atoms with Crippen LogP contribution in [0.4, 0.5) is 5.69 Å². The van der Waals surface area contributed by atoms with Gasteiger partial charge in [0, 0.05) is 28.8 Å². The van der Waals surface area contributed by atoms with Gasteiger partial charge in [0.15, 0.2) is 0 Å². The van der Waals surface area contributed by atoms with Crippen LogP contribution >= 0.6 is 11.6 Å². The van der Waals surface area contributed by atoms with Crippen molar-refractivity contribution in [3.8, 4) is 0 Å². The molecule has 1 aromatic carbocycles. The van der Waals surface area contributed by atoms with Crippen molar-refractivity contribution in [2.24, 2.45) is 5.10 Å². The second-order valence-electron chi connectivity index (χ2n) is 5.22. The topological polar surface area (TPSA) is 83.5 Å². The van der Waals surface area contributed by atoms with Gasteiger partial charge in [-0.15, -0.1) is 0 Å². The number of halogens is 1. The number of hydrogen-bond donors (Lipinski definition) is 2. The molecular formula is C17H17ClN4O2. The van der Waals surface area contributed by atoms with Crippen molar-refractivity contribution in [1.29, 1.82) is 0 Å². The molecule has 24 heavy (non-hydrogen) atoms. The number of nitrogens with one attached hydrogen (secondary N) is 2. The molecule has 0 saturated carbocycles. The summed E-state index contributed by atoms with van der Waals surface area (Å²) in [6, 6.07) is 8.57. The van der Waals surface area contributed by atoms with Crippen LogP contribution in [0.2, 0.25) is 5.02 Å². The highest BCUT2D eigenvalue weighted by Crippen LogP contribution is 2.20.